The lowest BCUT2D eigenvalue weighted by atomic mass is 9.96. The zero-order valence-electron chi connectivity index (χ0n) is 25.9. The van der Waals surface area contributed by atoms with Crippen molar-refractivity contribution in [3.63, 3.8) is 0 Å². The van der Waals surface area contributed by atoms with Crippen LogP contribution in [0.2, 0.25) is 0 Å². The van der Waals surface area contributed by atoms with Crippen LogP contribution >= 0.6 is 0 Å². The van der Waals surface area contributed by atoms with Gasteiger partial charge in [-0.25, -0.2) is 0 Å². The van der Waals surface area contributed by atoms with Crippen molar-refractivity contribution in [2.45, 2.75) is 26.7 Å². The molecule has 0 aliphatic heterocycles. The highest BCUT2D eigenvalue weighted by Gasteiger charge is 2.27. The lowest BCUT2D eigenvalue weighted by Crippen LogP contribution is -2.10. The Bertz CT molecular complexity index is 1870. The molecule has 0 fully saturated rings. The molecular weight excluding hydrogens is 649 g/mol. The fourth-order valence-electron chi connectivity index (χ4n) is 4.36. The molecule has 0 atom stereocenters. The van der Waals surface area contributed by atoms with Gasteiger partial charge in [0.2, 0.25) is 0 Å². The van der Waals surface area contributed by atoms with E-state index in [0.29, 0.717) is 11.1 Å². The van der Waals surface area contributed by atoms with Crippen LogP contribution in [0.15, 0.2) is 60.2 Å². The third kappa shape index (κ3) is 10.0. The van der Waals surface area contributed by atoms with Gasteiger partial charge in [-0.15, -0.1) is 0 Å². The Hall–Kier alpha value is -3.95. The molecule has 246 valence electrons. The van der Waals surface area contributed by atoms with Crippen LogP contribution in [-0.2, 0) is 30.4 Å². The van der Waals surface area contributed by atoms with Crippen LogP contribution in [0.4, 0.5) is 0 Å². The van der Waals surface area contributed by atoms with Crippen molar-refractivity contribution in [1.29, 1.82) is 0 Å². The summed E-state index contributed by atoms with van der Waals surface area (Å²) in [4.78, 5) is 0. The van der Waals surface area contributed by atoms with E-state index in [1.165, 1.54) is 38.5 Å². The Balaban J connectivity index is 2.27. The van der Waals surface area contributed by atoms with Gasteiger partial charge < -0.3 is 26.8 Å². The molecule has 0 spiro atoms. The van der Waals surface area contributed by atoms with E-state index < -0.39 is 30.4 Å². The highest BCUT2D eigenvalue weighted by molar-refractivity contribution is 7.86. The summed E-state index contributed by atoms with van der Waals surface area (Å²) >= 11 is 0. The van der Waals surface area contributed by atoms with Crippen LogP contribution < -0.4 is 26.8 Å². The van der Waals surface area contributed by atoms with Gasteiger partial charge in [0.15, 0.2) is 23.0 Å². The molecule has 3 rings (SSSR count). The van der Waals surface area contributed by atoms with Gasteiger partial charge in [0.1, 0.15) is 18.1 Å². The summed E-state index contributed by atoms with van der Waals surface area (Å²) in [6.07, 6.45) is 6.24. The van der Waals surface area contributed by atoms with E-state index in [0.717, 1.165) is 37.2 Å². The number of allylic oxidation sites excluding steroid dienone is 1. The van der Waals surface area contributed by atoms with Gasteiger partial charge in [0.05, 0.1) is 38.6 Å². The summed E-state index contributed by atoms with van der Waals surface area (Å²) in [7, 11) is -9.23. The number of ether oxygens (including phenoxy) is 3. The van der Waals surface area contributed by atoms with E-state index >= 15 is 0 Å². The summed E-state index contributed by atoms with van der Waals surface area (Å²) in [6.45, 7) is 4.21. The van der Waals surface area contributed by atoms with Crippen LogP contribution in [0.1, 0.15) is 26.7 Å². The maximum absolute atomic E-state index is 12.5. The number of benzene rings is 3. The fourth-order valence-corrected chi connectivity index (χ4v) is 5.74. The minimum Gasteiger partial charge on any atom is -0.496 e. The molecule has 0 aliphatic carbocycles. The molecule has 0 saturated heterocycles. The highest BCUT2D eigenvalue weighted by atomic mass is 32.2. The van der Waals surface area contributed by atoms with Crippen molar-refractivity contribution in [2.75, 3.05) is 39.6 Å². The molecule has 3 aromatic rings. The Morgan fingerprint density at radius 2 is 1.22 bits per heavy atom. The van der Waals surface area contributed by atoms with E-state index in [1.807, 2.05) is 19.9 Å². The van der Waals surface area contributed by atoms with E-state index in [9.17, 15) is 25.3 Å². The molecule has 15 heteroatoms. The molecule has 0 unspecified atom stereocenters. The molecule has 45 heavy (non-hydrogen) atoms. The van der Waals surface area contributed by atoms with Crippen LogP contribution in [0.25, 0.3) is 22.3 Å². The SMILES string of the molecule is CCC(=CCOc1ccc(-c2c(OC)cc(-c3ccc(OS(C)(=O)=O)cc3)c(OC)c2OS(C)(=O)=O)cc1OS(C)(=O)=O)CC. The first-order chi connectivity index (χ1) is 21.0. The van der Waals surface area contributed by atoms with Crippen molar-refractivity contribution in [1.82, 2.24) is 0 Å². The first-order valence-corrected chi connectivity index (χ1v) is 19.0. The molecular formula is C30H36O12S3. The quantitative estimate of drug-likeness (QED) is 0.153. The second-order valence-electron chi connectivity index (χ2n) is 9.79. The summed E-state index contributed by atoms with van der Waals surface area (Å²) < 4.78 is 105. The predicted molar refractivity (Wildman–Crippen MR) is 171 cm³/mol. The average molecular weight is 685 g/mol. The van der Waals surface area contributed by atoms with Crippen LogP contribution in [-0.4, -0.2) is 64.8 Å². The zero-order valence-corrected chi connectivity index (χ0v) is 28.4. The average Bonchev–Trinajstić information content (AvgIpc) is 2.93. The van der Waals surface area contributed by atoms with E-state index in [4.69, 9.17) is 26.8 Å². The van der Waals surface area contributed by atoms with Crippen molar-refractivity contribution in [2.24, 2.45) is 0 Å². The van der Waals surface area contributed by atoms with Gasteiger partial charge in [-0.2, -0.15) is 25.3 Å². The molecule has 3 aromatic carbocycles. The number of hydrogen-bond acceptors (Lipinski definition) is 12. The molecule has 0 radical (unpaired) electrons. The molecule has 0 amide bonds. The monoisotopic (exact) mass is 684 g/mol. The Labute approximate surface area is 264 Å². The maximum Gasteiger partial charge on any atom is 0.306 e. The Morgan fingerprint density at radius 1 is 0.644 bits per heavy atom. The zero-order chi connectivity index (χ0) is 33.6. The van der Waals surface area contributed by atoms with E-state index in [1.54, 1.807) is 24.3 Å². The number of methoxy groups -OCH3 is 2. The van der Waals surface area contributed by atoms with Crippen LogP contribution in [0.5, 0.6) is 34.5 Å². The van der Waals surface area contributed by atoms with Crippen molar-refractivity contribution < 1.29 is 52.0 Å². The molecule has 12 nitrogen and oxygen atoms in total. The van der Waals surface area contributed by atoms with Gasteiger partial charge in [-0.1, -0.05) is 37.6 Å². The minimum absolute atomic E-state index is 0.00397. The minimum atomic E-state index is -4.14. The third-order valence-electron chi connectivity index (χ3n) is 6.26. The summed E-state index contributed by atoms with van der Waals surface area (Å²) in [5.74, 6) is -0.0584. The maximum atomic E-state index is 12.5. The molecule has 0 heterocycles. The van der Waals surface area contributed by atoms with Crippen molar-refractivity contribution >= 4 is 30.4 Å². The van der Waals surface area contributed by atoms with Gasteiger partial charge in [0, 0.05) is 5.56 Å². The second kappa shape index (κ2) is 14.4. The molecule has 0 saturated carbocycles. The van der Waals surface area contributed by atoms with Crippen LogP contribution in [0.3, 0.4) is 0 Å². The molecule has 0 N–H and O–H groups in total. The smallest absolute Gasteiger partial charge is 0.306 e. The lowest BCUT2D eigenvalue weighted by Gasteiger charge is -2.21. The predicted octanol–water partition coefficient (Wildman–Crippen LogP) is 5.18. The van der Waals surface area contributed by atoms with Crippen molar-refractivity contribution in [3.8, 4) is 56.8 Å². The fraction of sp³-hybridized carbons (Fsp3) is 0.333. The largest absolute Gasteiger partial charge is 0.496 e. The molecule has 0 bridgehead atoms. The van der Waals surface area contributed by atoms with Gasteiger partial charge in [-0.05, 0) is 60.4 Å². The topological polar surface area (TPSA) is 158 Å². The van der Waals surface area contributed by atoms with Crippen molar-refractivity contribution in [3.05, 3.63) is 60.2 Å². The number of rotatable bonds is 15. The summed E-state index contributed by atoms with van der Waals surface area (Å²) in [5, 5.41) is 0. The summed E-state index contributed by atoms with van der Waals surface area (Å²) in [5.41, 5.74) is 2.35. The lowest BCUT2D eigenvalue weighted by molar-refractivity contribution is 0.346. The molecule has 0 aromatic heterocycles. The Morgan fingerprint density at radius 3 is 1.73 bits per heavy atom. The second-order valence-corrected chi connectivity index (χ2v) is 14.5. The highest BCUT2D eigenvalue weighted by Crippen LogP contribution is 2.51. The number of hydrogen-bond donors (Lipinski definition) is 0. The van der Waals surface area contributed by atoms with Gasteiger partial charge in [-0.3, -0.25) is 0 Å². The van der Waals surface area contributed by atoms with Gasteiger partial charge >= 0.3 is 30.4 Å². The first kappa shape index (κ1) is 35.5. The molecule has 0 aliphatic rings. The third-order valence-corrected chi connectivity index (χ3v) is 7.71. The Kier molecular flexibility index (Phi) is 11.4. The summed E-state index contributed by atoms with van der Waals surface area (Å²) in [6, 6.07) is 11.9. The standard InChI is InChI=1S/C30H36O12S3/c1-8-20(9-2)16-17-39-25-15-12-22(18-26(25)41-44(6,33)34)28-27(37-3)19-24(29(38-4)30(28)42-45(7,35)36)21-10-13-23(14-11-21)40-43(5,31)32/h10-16,18-19H,8-9,17H2,1-7H3. The first-order valence-electron chi connectivity index (χ1n) is 13.5. The van der Waals surface area contributed by atoms with E-state index in [2.05, 4.69) is 0 Å². The van der Waals surface area contributed by atoms with E-state index in [-0.39, 0.29) is 52.2 Å². The van der Waals surface area contributed by atoms with Crippen LogP contribution in [0, 0.1) is 0 Å². The normalized spacial score (nSPS) is 11.8. The van der Waals surface area contributed by atoms with Gasteiger partial charge in [0.25, 0.3) is 0 Å².